The van der Waals surface area contributed by atoms with E-state index in [1.807, 2.05) is 0 Å². The zero-order valence-electron chi connectivity index (χ0n) is 9.84. The molecule has 1 unspecified atom stereocenters. The normalized spacial score (nSPS) is 20.9. The lowest BCUT2D eigenvalue weighted by atomic mass is 9.94. The van der Waals surface area contributed by atoms with E-state index in [9.17, 15) is 9.90 Å². The smallest absolute Gasteiger partial charge is 0.225 e. The highest BCUT2D eigenvalue weighted by molar-refractivity contribution is 5.80. The van der Waals surface area contributed by atoms with E-state index in [1.165, 1.54) is 0 Å². The zero-order valence-corrected chi connectivity index (χ0v) is 9.84. The Morgan fingerprint density at radius 1 is 1.60 bits per heavy atom. The highest BCUT2D eigenvalue weighted by atomic mass is 16.3. The molecule has 4 nitrogen and oxygen atoms in total. The van der Waals surface area contributed by atoms with Crippen molar-refractivity contribution in [1.82, 2.24) is 10.6 Å². The van der Waals surface area contributed by atoms with Gasteiger partial charge in [0.15, 0.2) is 0 Å². The van der Waals surface area contributed by atoms with Gasteiger partial charge in [-0.2, -0.15) is 0 Å². The SMILES string of the molecule is CC(C)CC(C)(O)CNC(=O)C1CNC1. The van der Waals surface area contributed by atoms with Gasteiger partial charge in [-0.15, -0.1) is 0 Å². The third kappa shape index (κ3) is 4.18. The van der Waals surface area contributed by atoms with E-state index in [-0.39, 0.29) is 11.8 Å². The summed E-state index contributed by atoms with van der Waals surface area (Å²) in [5, 5.41) is 15.8. The number of hydrogen-bond acceptors (Lipinski definition) is 3. The van der Waals surface area contributed by atoms with Gasteiger partial charge in [-0.1, -0.05) is 13.8 Å². The molecule has 0 spiro atoms. The summed E-state index contributed by atoms with van der Waals surface area (Å²) in [4.78, 5) is 11.5. The average Bonchev–Trinajstić information content (AvgIpc) is 1.95. The standard InChI is InChI=1S/C11H22N2O2/c1-8(2)4-11(3,15)7-13-10(14)9-5-12-6-9/h8-9,12,15H,4-7H2,1-3H3,(H,13,14). The number of carbonyl (C=O) groups excluding carboxylic acids is 1. The molecule has 1 rings (SSSR count). The van der Waals surface area contributed by atoms with E-state index < -0.39 is 5.60 Å². The van der Waals surface area contributed by atoms with Crippen LogP contribution in [0, 0.1) is 11.8 Å². The maximum atomic E-state index is 11.5. The summed E-state index contributed by atoms with van der Waals surface area (Å²) in [7, 11) is 0. The number of rotatable bonds is 5. The summed E-state index contributed by atoms with van der Waals surface area (Å²) in [5.41, 5.74) is -0.791. The lowest BCUT2D eigenvalue weighted by Gasteiger charge is -2.29. The second-order valence-electron chi connectivity index (χ2n) is 5.17. The second-order valence-corrected chi connectivity index (χ2v) is 5.17. The third-order valence-electron chi connectivity index (χ3n) is 2.64. The maximum absolute atomic E-state index is 11.5. The van der Waals surface area contributed by atoms with E-state index in [2.05, 4.69) is 24.5 Å². The highest BCUT2D eigenvalue weighted by Gasteiger charge is 2.27. The van der Waals surface area contributed by atoms with Gasteiger partial charge >= 0.3 is 0 Å². The number of amides is 1. The molecule has 0 radical (unpaired) electrons. The van der Waals surface area contributed by atoms with E-state index in [0.29, 0.717) is 18.9 Å². The fourth-order valence-electron chi connectivity index (χ4n) is 1.85. The molecular formula is C11H22N2O2. The van der Waals surface area contributed by atoms with Gasteiger partial charge in [0.25, 0.3) is 0 Å². The van der Waals surface area contributed by atoms with Gasteiger partial charge in [0.1, 0.15) is 0 Å². The summed E-state index contributed by atoms with van der Waals surface area (Å²) < 4.78 is 0. The first kappa shape index (κ1) is 12.5. The molecule has 1 aliphatic rings. The molecule has 1 heterocycles. The monoisotopic (exact) mass is 214 g/mol. The molecule has 1 atom stereocenters. The molecule has 0 aromatic heterocycles. The van der Waals surface area contributed by atoms with Crippen LogP contribution in [0.15, 0.2) is 0 Å². The summed E-state index contributed by atoms with van der Waals surface area (Å²) in [6.45, 7) is 7.77. The Kier molecular flexibility index (Phi) is 4.11. The van der Waals surface area contributed by atoms with Gasteiger partial charge in [-0.3, -0.25) is 4.79 Å². The minimum absolute atomic E-state index is 0.0535. The summed E-state index contributed by atoms with van der Waals surface area (Å²) in [6, 6.07) is 0. The largest absolute Gasteiger partial charge is 0.388 e. The first-order valence-corrected chi connectivity index (χ1v) is 5.61. The van der Waals surface area contributed by atoms with Crippen molar-refractivity contribution in [3.63, 3.8) is 0 Å². The van der Waals surface area contributed by atoms with Crippen LogP contribution < -0.4 is 10.6 Å². The van der Waals surface area contributed by atoms with Gasteiger partial charge < -0.3 is 15.7 Å². The number of hydrogen-bond donors (Lipinski definition) is 3. The summed E-state index contributed by atoms with van der Waals surface area (Å²) in [6.07, 6.45) is 0.705. The van der Waals surface area contributed by atoms with Gasteiger partial charge in [-0.05, 0) is 19.3 Å². The molecule has 0 aliphatic carbocycles. The van der Waals surface area contributed by atoms with Crippen molar-refractivity contribution >= 4 is 5.91 Å². The van der Waals surface area contributed by atoms with Crippen LogP contribution in [0.5, 0.6) is 0 Å². The van der Waals surface area contributed by atoms with Crippen LogP contribution >= 0.6 is 0 Å². The topological polar surface area (TPSA) is 61.4 Å². The maximum Gasteiger partial charge on any atom is 0.225 e. The lowest BCUT2D eigenvalue weighted by Crippen LogP contribution is -2.53. The minimum atomic E-state index is -0.791. The Morgan fingerprint density at radius 2 is 2.20 bits per heavy atom. The molecule has 1 aliphatic heterocycles. The lowest BCUT2D eigenvalue weighted by molar-refractivity contribution is -0.127. The molecule has 0 aromatic rings. The van der Waals surface area contributed by atoms with Crippen LogP contribution in [0.4, 0.5) is 0 Å². The minimum Gasteiger partial charge on any atom is -0.388 e. The third-order valence-corrected chi connectivity index (χ3v) is 2.64. The molecule has 1 amide bonds. The fraction of sp³-hybridized carbons (Fsp3) is 0.909. The van der Waals surface area contributed by atoms with Crippen molar-refractivity contribution in [1.29, 1.82) is 0 Å². The molecule has 0 saturated carbocycles. The van der Waals surface area contributed by atoms with Gasteiger partial charge in [0.2, 0.25) is 5.91 Å². The van der Waals surface area contributed by atoms with Crippen LogP contribution in [-0.2, 0) is 4.79 Å². The van der Waals surface area contributed by atoms with Crippen LogP contribution in [-0.4, -0.2) is 36.2 Å². The Balaban J connectivity index is 2.25. The number of nitrogens with one attached hydrogen (secondary N) is 2. The van der Waals surface area contributed by atoms with E-state index in [0.717, 1.165) is 13.1 Å². The Labute approximate surface area is 91.4 Å². The molecular weight excluding hydrogens is 192 g/mol. The Hall–Kier alpha value is -0.610. The fourth-order valence-corrected chi connectivity index (χ4v) is 1.85. The Morgan fingerprint density at radius 3 is 2.60 bits per heavy atom. The quantitative estimate of drug-likeness (QED) is 0.609. The predicted octanol–water partition coefficient (Wildman–Crippen LogP) is 0.119. The van der Waals surface area contributed by atoms with Gasteiger partial charge in [-0.25, -0.2) is 0 Å². The number of aliphatic hydroxyl groups is 1. The molecule has 1 fully saturated rings. The van der Waals surface area contributed by atoms with Crippen molar-refractivity contribution in [2.24, 2.45) is 11.8 Å². The molecule has 0 aromatic carbocycles. The van der Waals surface area contributed by atoms with Crippen molar-refractivity contribution < 1.29 is 9.90 Å². The second kappa shape index (κ2) is 4.94. The molecule has 0 bridgehead atoms. The van der Waals surface area contributed by atoms with Crippen molar-refractivity contribution in [3.05, 3.63) is 0 Å². The molecule has 15 heavy (non-hydrogen) atoms. The average molecular weight is 214 g/mol. The highest BCUT2D eigenvalue weighted by Crippen LogP contribution is 2.15. The van der Waals surface area contributed by atoms with Gasteiger partial charge in [0, 0.05) is 19.6 Å². The number of carbonyl (C=O) groups is 1. The van der Waals surface area contributed by atoms with Crippen LogP contribution in [0.3, 0.4) is 0 Å². The predicted molar refractivity (Wildman–Crippen MR) is 59.4 cm³/mol. The zero-order chi connectivity index (χ0) is 11.5. The Bertz CT molecular complexity index is 223. The van der Waals surface area contributed by atoms with E-state index in [4.69, 9.17) is 0 Å². The molecule has 88 valence electrons. The van der Waals surface area contributed by atoms with E-state index >= 15 is 0 Å². The summed E-state index contributed by atoms with van der Waals surface area (Å²) in [5.74, 6) is 0.583. The van der Waals surface area contributed by atoms with Crippen LogP contribution in [0.25, 0.3) is 0 Å². The molecule has 1 saturated heterocycles. The van der Waals surface area contributed by atoms with Crippen molar-refractivity contribution in [2.75, 3.05) is 19.6 Å². The molecule has 3 N–H and O–H groups in total. The van der Waals surface area contributed by atoms with Crippen LogP contribution in [0.1, 0.15) is 27.2 Å². The molecule has 4 heteroatoms. The van der Waals surface area contributed by atoms with Crippen LogP contribution in [0.2, 0.25) is 0 Å². The first-order chi connectivity index (χ1) is 6.91. The summed E-state index contributed by atoms with van der Waals surface area (Å²) >= 11 is 0. The van der Waals surface area contributed by atoms with Crippen molar-refractivity contribution in [3.8, 4) is 0 Å². The first-order valence-electron chi connectivity index (χ1n) is 5.61. The van der Waals surface area contributed by atoms with Gasteiger partial charge in [0.05, 0.1) is 11.5 Å². The van der Waals surface area contributed by atoms with E-state index in [1.54, 1.807) is 6.92 Å². The van der Waals surface area contributed by atoms with Crippen molar-refractivity contribution in [2.45, 2.75) is 32.8 Å².